The molecule has 3 fully saturated rings. The zero-order valence-corrected chi connectivity index (χ0v) is 11.2. The van der Waals surface area contributed by atoms with Crippen LogP contribution in [0.1, 0.15) is 49.8 Å². The zero-order valence-electron chi connectivity index (χ0n) is 10.4. The van der Waals surface area contributed by atoms with Gasteiger partial charge in [0, 0.05) is 22.9 Å². The van der Waals surface area contributed by atoms with Gasteiger partial charge in [0.1, 0.15) is 0 Å². The Balaban J connectivity index is 1.51. The van der Waals surface area contributed by atoms with Gasteiger partial charge in [0.25, 0.3) is 0 Å². The predicted molar refractivity (Wildman–Crippen MR) is 72.5 cm³/mol. The Morgan fingerprint density at radius 1 is 1.29 bits per heavy atom. The topological polar surface area (TPSA) is 12.0 Å². The smallest absolute Gasteiger partial charge is 0.0182 e. The van der Waals surface area contributed by atoms with Crippen LogP contribution in [-0.2, 0) is 5.41 Å². The molecule has 4 rings (SSSR count). The first-order valence-electron chi connectivity index (χ1n) is 7.08. The van der Waals surface area contributed by atoms with Gasteiger partial charge >= 0.3 is 0 Å². The Labute approximate surface area is 108 Å². The molecule has 92 valence electrons. The zero-order chi connectivity index (χ0) is 11.3. The van der Waals surface area contributed by atoms with E-state index in [0.717, 1.165) is 11.5 Å². The lowest BCUT2D eigenvalue weighted by molar-refractivity contribution is -0.0467. The third kappa shape index (κ3) is 1.68. The average molecular weight is 247 g/mol. The fraction of sp³-hybridized carbons (Fsp3) is 0.733. The van der Waals surface area contributed by atoms with E-state index < -0.39 is 0 Å². The Morgan fingerprint density at radius 3 is 2.65 bits per heavy atom. The normalized spacial score (nSPS) is 28.7. The monoisotopic (exact) mass is 247 g/mol. The summed E-state index contributed by atoms with van der Waals surface area (Å²) in [6, 6.07) is 5.44. The van der Waals surface area contributed by atoms with Gasteiger partial charge in [0.2, 0.25) is 0 Å². The van der Waals surface area contributed by atoms with Gasteiger partial charge in [-0.2, -0.15) is 0 Å². The van der Waals surface area contributed by atoms with Gasteiger partial charge in [0.15, 0.2) is 0 Å². The summed E-state index contributed by atoms with van der Waals surface area (Å²) in [5.41, 5.74) is 1.28. The molecule has 3 aliphatic rings. The van der Waals surface area contributed by atoms with E-state index in [1.54, 1.807) is 4.88 Å². The standard InChI is InChI=1S/C15H21NS/c1-3-13(17-8-1)15(11-16-12-4-5-12)9-14(10-15)6-2-7-14/h1,3,8,12,16H,2,4-7,9-11H2. The molecule has 0 aromatic carbocycles. The quantitative estimate of drug-likeness (QED) is 0.855. The summed E-state index contributed by atoms with van der Waals surface area (Å²) in [4.78, 5) is 1.64. The molecule has 1 spiro atoms. The molecule has 3 aliphatic carbocycles. The van der Waals surface area contributed by atoms with Crippen molar-refractivity contribution in [3.05, 3.63) is 22.4 Å². The molecule has 0 unspecified atom stereocenters. The van der Waals surface area contributed by atoms with Crippen LogP contribution in [0.25, 0.3) is 0 Å². The van der Waals surface area contributed by atoms with Gasteiger partial charge in [-0.05, 0) is 55.4 Å². The van der Waals surface area contributed by atoms with Crippen LogP contribution in [0.15, 0.2) is 17.5 Å². The van der Waals surface area contributed by atoms with Crippen LogP contribution < -0.4 is 5.32 Å². The summed E-state index contributed by atoms with van der Waals surface area (Å²) in [7, 11) is 0. The Kier molecular flexibility index (Phi) is 2.23. The molecule has 0 bridgehead atoms. The van der Waals surface area contributed by atoms with E-state index in [0.29, 0.717) is 5.41 Å². The lowest BCUT2D eigenvalue weighted by Crippen LogP contribution is -2.57. The molecule has 1 nitrogen and oxygen atoms in total. The van der Waals surface area contributed by atoms with Crippen molar-refractivity contribution in [1.82, 2.24) is 5.32 Å². The molecular formula is C15H21NS. The maximum absolute atomic E-state index is 3.78. The molecule has 0 saturated heterocycles. The highest BCUT2D eigenvalue weighted by Gasteiger charge is 2.57. The highest BCUT2D eigenvalue weighted by molar-refractivity contribution is 7.10. The predicted octanol–water partition coefficient (Wildman–Crippen LogP) is 3.70. The van der Waals surface area contributed by atoms with Crippen molar-refractivity contribution in [3.8, 4) is 0 Å². The van der Waals surface area contributed by atoms with E-state index in [9.17, 15) is 0 Å². The fourth-order valence-electron chi connectivity index (χ4n) is 4.01. The molecule has 1 heterocycles. The van der Waals surface area contributed by atoms with E-state index in [-0.39, 0.29) is 0 Å². The minimum atomic E-state index is 0.511. The number of hydrogen-bond acceptors (Lipinski definition) is 2. The largest absolute Gasteiger partial charge is 0.313 e. The molecule has 1 aromatic heterocycles. The summed E-state index contributed by atoms with van der Waals surface area (Å²) in [5, 5.41) is 6.03. The lowest BCUT2D eigenvalue weighted by atomic mass is 9.45. The van der Waals surface area contributed by atoms with Gasteiger partial charge in [-0.25, -0.2) is 0 Å². The van der Waals surface area contributed by atoms with Crippen LogP contribution in [0.2, 0.25) is 0 Å². The van der Waals surface area contributed by atoms with Gasteiger partial charge in [-0.1, -0.05) is 12.5 Å². The molecule has 1 aromatic rings. The van der Waals surface area contributed by atoms with Crippen LogP contribution in [0.3, 0.4) is 0 Å². The first-order valence-corrected chi connectivity index (χ1v) is 7.96. The Morgan fingerprint density at radius 2 is 2.12 bits per heavy atom. The average Bonchev–Trinajstić information content (AvgIpc) is 2.88. The van der Waals surface area contributed by atoms with Crippen molar-refractivity contribution in [1.29, 1.82) is 0 Å². The van der Waals surface area contributed by atoms with E-state index in [1.165, 1.54) is 51.5 Å². The molecule has 0 amide bonds. The maximum Gasteiger partial charge on any atom is 0.0182 e. The van der Waals surface area contributed by atoms with Crippen LogP contribution in [0, 0.1) is 5.41 Å². The minimum Gasteiger partial charge on any atom is -0.313 e. The highest BCUT2D eigenvalue weighted by atomic mass is 32.1. The van der Waals surface area contributed by atoms with Crippen molar-refractivity contribution in [2.24, 2.45) is 5.41 Å². The molecular weight excluding hydrogens is 226 g/mol. The third-order valence-electron chi connectivity index (χ3n) is 5.19. The second-order valence-corrected chi connectivity index (χ2v) is 7.57. The summed E-state index contributed by atoms with van der Waals surface area (Å²) in [6.45, 7) is 1.24. The minimum absolute atomic E-state index is 0.511. The van der Waals surface area contributed by atoms with Crippen molar-refractivity contribution in [3.63, 3.8) is 0 Å². The van der Waals surface area contributed by atoms with Crippen LogP contribution in [-0.4, -0.2) is 12.6 Å². The number of nitrogens with one attached hydrogen (secondary N) is 1. The van der Waals surface area contributed by atoms with Crippen molar-refractivity contribution < 1.29 is 0 Å². The molecule has 0 radical (unpaired) electrons. The van der Waals surface area contributed by atoms with Crippen molar-refractivity contribution in [2.75, 3.05) is 6.54 Å². The Bertz CT molecular complexity index is 393. The van der Waals surface area contributed by atoms with Gasteiger partial charge in [-0.3, -0.25) is 0 Å². The van der Waals surface area contributed by atoms with Gasteiger partial charge < -0.3 is 5.32 Å². The third-order valence-corrected chi connectivity index (χ3v) is 6.31. The lowest BCUT2D eigenvalue weighted by Gasteiger charge is -2.61. The molecule has 3 saturated carbocycles. The number of hydrogen-bond donors (Lipinski definition) is 1. The fourth-order valence-corrected chi connectivity index (χ4v) is 4.94. The van der Waals surface area contributed by atoms with Gasteiger partial charge in [0.05, 0.1) is 0 Å². The molecule has 2 heteroatoms. The number of thiophene rings is 1. The van der Waals surface area contributed by atoms with E-state index in [2.05, 4.69) is 22.8 Å². The second kappa shape index (κ2) is 3.58. The van der Waals surface area contributed by atoms with Crippen LogP contribution in [0.4, 0.5) is 0 Å². The van der Waals surface area contributed by atoms with Gasteiger partial charge in [-0.15, -0.1) is 11.3 Å². The van der Waals surface area contributed by atoms with Crippen molar-refractivity contribution in [2.45, 2.75) is 56.4 Å². The maximum atomic E-state index is 3.78. The van der Waals surface area contributed by atoms with Crippen LogP contribution >= 0.6 is 11.3 Å². The van der Waals surface area contributed by atoms with E-state index >= 15 is 0 Å². The molecule has 17 heavy (non-hydrogen) atoms. The molecule has 0 atom stereocenters. The first-order chi connectivity index (χ1) is 8.30. The van der Waals surface area contributed by atoms with E-state index in [1.807, 2.05) is 11.3 Å². The molecule has 1 N–H and O–H groups in total. The van der Waals surface area contributed by atoms with E-state index in [4.69, 9.17) is 0 Å². The summed E-state index contributed by atoms with van der Waals surface area (Å²) < 4.78 is 0. The van der Waals surface area contributed by atoms with Crippen LogP contribution in [0.5, 0.6) is 0 Å². The van der Waals surface area contributed by atoms with Crippen molar-refractivity contribution >= 4 is 11.3 Å². The first kappa shape index (κ1) is 10.6. The summed E-state index contributed by atoms with van der Waals surface area (Å²) >= 11 is 1.97. The summed E-state index contributed by atoms with van der Waals surface area (Å²) in [5.74, 6) is 0. The number of rotatable bonds is 4. The highest BCUT2D eigenvalue weighted by Crippen LogP contribution is 2.65. The second-order valence-electron chi connectivity index (χ2n) is 6.62. The summed E-state index contributed by atoms with van der Waals surface area (Å²) in [6.07, 6.45) is 10.2. The molecule has 0 aliphatic heterocycles. The SMILES string of the molecule is c1csc(C2(CNC3CC3)CC3(CCC3)C2)c1. The Hall–Kier alpha value is -0.340.